The molecule has 0 bridgehead atoms. The number of rotatable bonds is 5. The number of hydrogen-bond donors (Lipinski definition) is 4. The molecule has 136 valence electrons. The maximum absolute atomic E-state index is 12.4. The number of nitrogen functional groups attached to an aromatic ring is 1. The maximum atomic E-state index is 12.4. The predicted octanol–water partition coefficient (Wildman–Crippen LogP) is 2.27. The minimum atomic E-state index is -4.83. The van der Waals surface area contributed by atoms with Crippen molar-refractivity contribution in [3.8, 4) is 11.4 Å². The van der Waals surface area contributed by atoms with Crippen molar-refractivity contribution in [2.45, 2.75) is 6.36 Å². The standard InChI is InChI=1S/C16H14F3N5O2/c17-16(18,19)26-11-3-1-10(2-4-11)24-8-13(9(5-20)6-21)12(7-22)14(23)15(24)25/h1-8,20,22H,21,23H2/b9-6+,20-5?,22-7?. The van der Waals surface area contributed by atoms with Crippen molar-refractivity contribution in [2.75, 3.05) is 5.73 Å². The second-order valence-electron chi connectivity index (χ2n) is 5.00. The van der Waals surface area contributed by atoms with E-state index in [9.17, 15) is 18.0 Å². The van der Waals surface area contributed by atoms with Crippen molar-refractivity contribution in [1.82, 2.24) is 4.57 Å². The number of halogens is 3. The SMILES string of the molecule is N=C/C(=C\N)c1cn(-c2ccc(OC(F)(F)F)cc2)c(=O)c(N)c1C=N. The van der Waals surface area contributed by atoms with Gasteiger partial charge in [0.1, 0.15) is 11.4 Å². The number of nitrogens with zero attached hydrogens (tertiary/aromatic N) is 1. The highest BCUT2D eigenvalue weighted by molar-refractivity contribution is 6.11. The van der Waals surface area contributed by atoms with Crippen molar-refractivity contribution in [3.05, 3.63) is 58.1 Å². The van der Waals surface area contributed by atoms with Gasteiger partial charge in [0.05, 0.1) is 0 Å². The van der Waals surface area contributed by atoms with Gasteiger partial charge in [-0.25, -0.2) is 0 Å². The van der Waals surface area contributed by atoms with Crippen LogP contribution in [0.3, 0.4) is 0 Å². The van der Waals surface area contributed by atoms with Crippen LogP contribution in [0.5, 0.6) is 5.75 Å². The Kier molecular flexibility index (Phi) is 5.15. The summed E-state index contributed by atoms with van der Waals surface area (Å²) in [5.41, 5.74) is 11.1. The molecule has 2 aromatic rings. The zero-order chi connectivity index (χ0) is 19.5. The van der Waals surface area contributed by atoms with Crippen molar-refractivity contribution < 1.29 is 17.9 Å². The first-order chi connectivity index (χ1) is 12.2. The Labute approximate surface area is 145 Å². The number of hydrogen-bond acceptors (Lipinski definition) is 6. The number of aromatic nitrogens is 1. The molecule has 1 aromatic heterocycles. The fraction of sp³-hybridized carbons (Fsp3) is 0.0625. The van der Waals surface area contributed by atoms with Gasteiger partial charge in [0.15, 0.2) is 0 Å². The fourth-order valence-corrected chi connectivity index (χ4v) is 2.25. The van der Waals surface area contributed by atoms with Crippen LogP contribution in [0.4, 0.5) is 18.9 Å². The highest BCUT2D eigenvalue weighted by Crippen LogP contribution is 2.25. The average molecular weight is 365 g/mol. The van der Waals surface area contributed by atoms with Crippen LogP contribution in [0, 0.1) is 10.8 Å². The maximum Gasteiger partial charge on any atom is 0.573 e. The Hall–Kier alpha value is -3.56. The lowest BCUT2D eigenvalue weighted by atomic mass is 10.0. The zero-order valence-corrected chi connectivity index (χ0v) is 13.2. The first-order valence-corrected chi connectivity index (χ1v) is 7.06. The molecule has 0 unspecified atom stereocenters. The van der Waals surface area contributed by atoms with Crippen LogP contribution >= 0.6 is 0 Å². The van der Waals surface area contributed by atoms with E-state index < -0.39 is 17.7 Å². The van der Waals surface area contributed by atoms with Crippen molar-refractivity contribution in [2.24, 2.45) is 5.73 Å². The molecule has 0 fully saturated rings. The third kappa shape index (κ3) is 3.74. The molecule has 1 aromatic carbocycles. The summed E-state index contributed by atoms with van der Waals surface area (Å²) in [6.45, 7) is 0. The molecule has 0 amide bonds. The van der Waals surface area contributed by atoms with Crippen LogP contribution in [0.25, 0.3) is 11.3 Å². The Morgan fingerprint density at radius 3 is 2.27 bits per heavy atom. The molecule has 0 saturated heterocycles. The Bertz CT molecular complexity index is 931. The number of anilines is 1. The molecule has 0 aliphatic carbocycles. The number of benzene rings is 1. The third-order valence-electron chi connectivity index (χ3n) is 3.43. The monoisotopic (exact) mass is 365 g/mol. The summed E-state index contributed by atoms with van der Waals surface area (Å²) >= 11 is 0. The molecule has 0 radical (unpaired) electrons. The van der Waals surface area contributed by atoms with E-state index in [1.165, 1.54) is 18.3 Å². The molecule has 0 aliphatic rings. The first kappa shape index (κ1) is 18.8. The van der Waals surface area contributed by atoms with E-state index in [2.05, 4.69) is 4.74 Å². The summed E-state index contributed by atoms with van der Waals surface area (Å²) in [4.78, 5) is 12.4. The van der Waals surface area contributed by atoms with Gasteiger partial charge in [-0.2, -0.15) is 0 Å². The molecule has 0 saturated carbocycles. The molecule has 0 atom stereocenters. The van der Waals surface area contributed by atoms with Gasteiger partial charge in [0.2, 0.25) is 0 Å². The first-order valence-electron chi connectivity index (χ1n) is 7.06. The minimum absolute atomic E-state index is 0.0866. The third-order valence-corrected chi connectivity index (χ3v) is 3.43. The highest BCUT2D eigenvalue weighted by atomic mass is 19.4. The van der Waals surface area contributed by atoms with Crippen LogP contribution in [-0.2, 0) is 0 Å². The van der Waals surface area contributed by atoms with Crippen molar-refractivity contribution >= 4 is 23.7 Å². The highest BCUT2D eigenvalue weighted by Gasteiger charge is 2.31. The summed E-state index contributed by atoms with van der Waals surface area (Å²) < 4.78 is 41.6. The number of allylic oxidation sites excluding steroid dienone is 1. The Balaban J connectivity index is 2.61. The fourth-order valence-electron chi connectivity index (χ4n) is 2.25. The average Bonchev–Trinajstić information content (AvgIpc) is 2.58. The van der Waals surface area contributed by atoms with Gasteiger partial charge in [-0.05, 0) is 24.3 Å². The van der Waals surface area contributed by atoms with Gasteiger partial charge in [-0.3, -0.25) is 9.36 Å². The Morgan fingerprint density at radius 1 is 1.19 bits per heavy atom. The summed E-state index contributed by atoms with van der Waals surface area (Å²) in [5, 5.41) is 14.8. The number of pyridine rings is 1. The van der Waals surface area contributed by atoms with Gasteiger partial charge < -0.3 is 27.0 Å². The molecule has 26 heavy (non-hydrogen) atoms. The van der Waals surface area contributed by atoms with Crippen molar-refractivity contribution in [1.29, 1.82) is 10.8 Å². The summed E-state index contributed by atoms with van der Waals surface area (Å²) in [6.07, 6.45) is -0.612. The van der Waals surface area contributed by atoms with Crippen LogP contribution in [0.1, 0.15) is 11.1 Å². The summed E-state index contributed by atoms with van der Waals surface area (Å²) in [6, 6.07) is 4.58. The van der Waals surface area contributed by atoms with Gasteiger partial charge in [-0.15, -0.1) is 13.2 Å². The molecule has 7 nitrogen and oxygen atoms in total. The van der Waals surface area contributed by atoms with Crippen LogP contribution < -0.4 is 21.8 Å². The second kappa shape index (κ2) is 7.13. The summed E-state index contributed by atoms with van der Waals surface area (Å²) in [7, 11) is 0. The quantitative estimate of drug-likeness (QED) is 0.605. The largest absolute Gasteiger partial charge is 0.573 e. The molecular formula is C16H14F3N5O2. The minimum Gasteiger partial charge on any atom is -0.406 e. The number of nitrogens with two attached hydrogens (primary N) is 2. The Morgan fingerprint density at radius 2 is 1.81 bits per heavy atom. The lowest BCUT2D eigenvalue weighted by Crippen LogP contribution is -2.24. The van der Waals surface area contributed by atoms with Gasteiger partial charge in [0.25, 0.3) is 5.56 Å². The zero-order valence-electron chi connectivity index (χ0n) is 13.2. The van der Waals surface area contributed by atoms with E-state index in [0.717, 1.165) is 35.3 Å². The number of ether oxygens (including phenoxy) is 1. The molecule has 0 aliphatic heterocycles. The van der Waals surface area contributed by atoms with Gasteiger partial charge in [-0.1, -0.05) is 0 Å². The normalized spacial score (nSPS) is 11.9. The van der Waals surface area contributed by atoms with E-state index >= 15 is 0 Å². The van der Waals surface area contributed by atoms with E-state index in [-0.39, 0.29) is 28.1 Å². The molecule has 6 N–H and O–H groups in total. The molecule has 10 heteroatoms. The van der Waals surface area contributed by atoms with E-state index in [0.29, 0.717) is 0 Å². The van der Waals surface area contributed by atoms with Crippen LogP contribution in [0.15, 0.2) is 41.5 Å². The smallest absolute Gasteiger partial charge is 0.406 e. The molecule has 2 rings (SSSR count). The molecule has 1 heterocycles. The van der Waals surface area contributed by atoms with E-state index in [1.54, 1.807) is 0 Å². The number of alkyl halides is 3. The van der Waals surface area contributed by atoms with E-state index in [1.807, 2.05) is 0 Å². The number of nitrogens with one attached hydrogen (secondary N) is 2. The van der Waals surface area contributed by atoms with Crippen LogP contribution in [0.2, 0.25) is 0 Å². The summed E-state index contributed by atoms with van der Waals surface area (Å²) in [5.74, 6) is -0.444. The molecule has 0 spiro atoms. The lowest BCUT2D eigenvalue weighted by Gasteiger charge is -2.14. The van der Waals surface area contributed by atoms with E-state index in [4.69, 9.17) is 22.3 Å². The van der Waals surface area contributed by atoms with Gasteiger partial charge >= 0.3 is 6.36 Å². The predicted molar refractivity (Wildman–Crippen MR) is 92.0 cm³/mol. The van der Waals surface area contributed by atoms with Gasteiger partial charge in [0, 0.05) is 47.2 Å². The topological polar surface area (TPSA) is 131 Å². The van der Waals surface area contributed by atoms with Crippen LogP contribution in [-0.4, -0.2) is 23.4 Å². The second-order valence-corrected chi connectivity index (χ2v) is 5.00. The lowest BCUT2D eigenvalue weighted by molar-refractivity contribution is -0.274. The van der Waals surface area contributed by atoms with Crippen molar-refractivity contribution in [3.63, 3.8) is 0 Å². The molecular weight excluding hydrogens is 351 g/mol.